The van der Waals surface area contributed by atoms with Crippen molar-refractivity contribution in [1.29, 1.82) is 0 Å². The van der Waals surface area contributed by atoms with Crippen molar-refractivity contribution >= 4 is 15.9 Å². The maximum absolute atomic E-state index is 5.07. The zero-order chi connectivity index (χ0) is 11.1. The Morgan fingerprint density at radius 3 is 2.73 bits per heavy atom. The van der Waals surface area contributed by atoms with E-state index < -0.39 is 0 Å². The van der Waals surface area contributed by atoms with Gasteiger partial charge in [0.25, 0.3) is 0 Å². The highest BCUT2D eigenvalue weighted by molar-refractivity contribution is 9.09. The molecule has 15 heavy (non-hydrogen) atoms. The Morgan fingerprint density at radius 1 is 1.47 bits per heavy atom. The molecular weight excluding hydrogens is 256 g/mol. The van der Waals surface area contributed by atoms with Gasteiger partial charge in [-0.1, -0.05) is 15.9 Å². The number of hydrogen-bond donors (Lipinski definition) is 0. The first-order valence-electron chi connectivity index (χ1n) is 4.93. The third kappa shape index (κ3) is 5.25. The van der Waals surface area contributed by atoms with Gasteiger partial charge >= 0.3 is 0 Å². The van der Waals surface area contributed by atoms with Crippen LogP contribution < -0.4 is 0 Å². The second-order valence-electron chi connectivity index (χ2n) is 3.60. The number of halogens is 1. The summed E-state index contributed by atoms with van der Waals surface area (Å²) in [6.45, 7) is 2.64. The SMILES string of the molecule is COCC(Br)CN(C)Cc1ccncc1. The first kappa shape index (κ1) is 12.6. The van der Waals surface area contributed by atoms with Gasteiger partial charge in [0.1, 0.15) is 0 Å². The Kier molecular flexibility index (Phi) is 5.83. The van der Waals surface area contributed by atoms with E-state index in [-0.39, 0.29) is 0 Å². The third-order valence-electron chi connectivity index (χ3n) is 2.06. The molecule has 0 amide bonds. The minimum Gasteiger partial charge on any atom is -0.383 e. The van der Waals surface area contributed by atoms with Crippen molar-refractivity contribution in [2.75, 3.05) is 27.3 Å². The van der Waals surface area contributed by atoms with Crippen LogP contribution in [0.3, 0.4) is 0 Å². The zero-order valence-corrected chi connectivity index (χ0v) is 10.8. The van der Waals surface area contributed by atoms with Gasteiger partial charge in [-0.15, -0.1) is 0 Å². The minimum atomic E-state index is 0.384. The van der Waals surface area contributed by atoms with Crippen molar-refractivity contribution in [2.45, 2.75) is 11.4 Å². The molecule has 0 radical (unpaired) electrons. The number of methoxy groups -OCH3 is 1. The lowest BCUT2D eigenvalue weighted by molar-refractivity contribution is 0.185. The molecular formula is C11H17BrN2O. The summed E-state index contributed by atoms with van der Waals surface area (Å²) in [4.78, 5) is 6.64. The zero-order valence-electron chi connectivity index (χ0n) is 9.19. The van der Waals surface area contributed by atoms with E-state index in [1.54, 1.807) is 7.11 Å². The van der Waals surface area contributed by atoms with Gasteiger partial charge in [0.15, 0.2) is 0 Å². The van der Waals surface area contributed by atoms with E-state index in [2.05, 4.69) is 32.9 Å². The Labute approximate surface area is 99.6 Å². The number of pyridine rings is 1. The molecule has 0 saturated heterocycles. The molecule has 1 unspecified atom stereocenters. The fourth-order valence-corrected chi connectivity index (χ4v) is 2.19. The molecule has 1 rings (SSSR count). The van der Waals surface area contributed by atoms with Crippen molar-refractivity contribution in [3.8, 4) is 0 Å². The largest absolute Gasteiger partial charge is 0.383 e. The molecule has 0 aliphatic rings. The monoisotopic (exact) mass is 272 g/mol. The molecule has 0 aliphatic heterocycles. The normalized spacial score (nSPS) is 13.1. The Morgan fingerprint density at radius 2 is 2.13 bits per heavy atom. The third-order valence-corrected chi connectivity index (χ3v) is 2.61. The van der Waals surface area contributed by atoms with E-state index in [0.717, 1.165) is 19.7 Å². The van der Waals surface area contributed by atoms with Crippen LogP contribution in [0.2, 0.25) is 0 Å². The van der Waals surface area contributed by atoms with Gasteiger partial charge in [0.05, 0.1) is 11.4 Å². The second kappa shape index (κ2) is 6.93. The number of rotatable bonds is 6. The Balaban J connectivity index is 2.33. The summed E-state index contributed by atoms with van der Waals surface area (Å²) in [6.07, 6.45) is 3.65. The fraction of sp³-hybridized carbons (Fsp3) is 0.545. The van der Waals surface area contributed by atoms with Gasteiger partial charge in [-0.2, -0.15) is 0 Å². The lowest BCUT2D eigenvalue weighted by Gasteiger charge is -2.19. The highest BCUT2D eigenvalue weighted by Crippen LogP contribution is 2.06. The standard InChI is InChI=1S/C11H17BrN2O/c1-14(8-11(12)9-15-2)7-10-3-5-13-6-4-10/h3-6,11H,7-9H2,1-2H3. The van der Waals surface area contributed by atoms with Crippen LogP contribution in [0.25, 0.3) is 0 Å². The highest BCUT2D eigenvalue weighted by atomic mass is 79.9. The van der Waals surface area contributed by atoms with Gasteiger partial charge in [-0.3, -0.25) is 4.98 Å². The quantitative estimate of drug-likeness (QED) is 0.740. The number of nitrogens with zero attached hydrogens (tertiary/aromatic N) is 2. The average molecular weight is 273 g/mol. The van der Waals surface area contributed by atoms with Crippen LogP contribution >= 0.6 is 15.9 Å². The molecule has 0 spiro atoms. The summed E-state index contributed by atoms with van der Waals surface area (Å²) >= 11 is 3.57. The lowest BCUT2D eigenvalue weighted by atomic mass is 10.2. The van der Waals surface area contributed by atoms with Crippen LogP contribution in [0, 0.1) is 0 Å². The van der Waals surface area contributed by atoms with Crippen LogP contribution in [-0.4, -0.2) is 42.0 Å². The average Bonchev–Trinajstić information content (AvgIpc) is 2.19. The van der Waals surface area contributed by atoms with Gasteiger partial charge < -0.3 is 9.64 Å². The lowest BCUT2D eigenvalue weighted by Crippen LogP contribution is -2.27. The van der Waals surface area contributed by atoms with Crippen molar-refractivity contribution < 1.29 is 4.74 Å². The molecule has 1 aromatic rings. The van der Waals surface area contributed by atoms with Gasteiger partial charge in [-0.05, 0) is 24.7 Å². The van der Waals surface area contributed by atoms with Crippen LogP contribution in [0.1, 0.15) is 5.56 Å². The molecule has 0 fully saturated rings. The predicted molar refractivity (Wildman–Crippen MR) is 65.2 cm³/mol. The van der Waals surface area contributed by atoms with Gasteiger partial charge in [-0.25, -0.2) is 0 Å². The molecule has 4 heteroatoms. The van der Waals surface area contributed by atoms with E-state index in [9.17, 15) is 0 Å². The second-order valence-corrected chi connectivity index (χ2v) is 4.90. The van der Waals surface area contributed by atoms with Crippen molar-refractivity contribution in [3.05, 3.63) is 30.1 Å². The van der Waals surface area contributed by atoms with Gasteiger partial charge in [0.2, 0.25) is 0 Å². The molecule has 0 bridgehead atoms. The molecule has 1 heterocycles. The maximum atomic E-state index is 5.07. The smallest absolute Gasteiger partial charge is 0.0600 e. The molecule has 1 atom stereocenters. The topological polar surface area (TPSA) is 25.4 Å². The first-order valence-corrected chi connectivity index (χ1v) is 5.84. The molecule has 0 N–H and O–H groups in total. The van der Waals surface area contributed by atoms with Crippen LogP contribution in [0.15, 0.2) is 24.5 Å². The first-order chi connectivity index (χ1) is 7.22. The highest BCUT2D eigenvalue weighted by Gasteiger charge is 2.07. The number of aromatic nitrogens is 1. The van der Waals surface area contributed by atoms with Crippen LogP contribution in [0.5, 0.6) is 0 Å². The maximum Gasteiger partial charge on any atom is 0.0600 e. The Bertz CT molecular complexity index is 269. The fourth-order valence-electron chi connectivity index (χ4n) is 1.44. The molecule has 0 aliphatic carbocycles. The minimum absolute atomic E-state index is 0.384. The molecule has 1 aromatic heterocycles. The summed E-state index contributed by atoms with van der Waals surface area (Å²) < 4.78 is 5.07. The molecule has 0 aromatic carbocycles. The summed E-state index contributed by atoms with van der Waals surface area (Å²) in [5.41, 5.74) is 1.28. The number of hydrogen-bond acceptors (Lipinski definition) is 3. The van der Waals surface area contributed by atoms with E-state index >= 15 is 0 Å². The molecule has 3 nitrogen and oxygen atoms in total. The van der Waals surface area contributed by atoms with Crippen molar-refractivity contribution in [1.82, 2.24) is 9.88 Å². The Hall–Kier alpha value is -0.450. The van der Waals surface area contributed by atoms with Gasteiger partial charge in [0, 0.05) is 32.6 Å². The summed E-state index contributed by atoms with van der Waals surface area (Å²) in [5.74, 6) is 0. The summed E-state index contributed by atoms with van der Waals surface area (Å²) in [7, 11) is 3.82. The molecule has 0 saturated carbocycles. The van der Waals surface area contributed by atoms with Crippen LogP contribution in [-0.2, 0) is 11.3 Å². The van der Waals surface area contributed by atoms with E-state index in [4.69, 9.17) is 4.74 Å². The summed E-state index contributed by atoms with van der Waals surface area (Å²) in [6, 6.07) is 4.08. The predicted octanol–water partition coefficient (Wildman–Crippen LogP) is 1.92. The van der Waals surface area contributed by atoms with Crippen LogP contribution in [0.4, 0.5) is 0 Å². The summed E-state index contributed by atoms with van der Waals surface area (Å²) in [5, 5.41) is 0. The van der Waals surface area contributed by atoms with E-state index in [1.165, 1.54) is 5.56 Å². The number of alkyl halides is 1. The number of ether oxygens (including phenoxy) is 1. The van der Waals surface area contributed by atoms with Crippen molar-refractivity contribution in [2.24, 2.45) is 0 Å². The van der Waals surface area contributed by atoms with E-state index in [0.29, 0.717) is 4.83 Å². The van der Waals surface area contributed by atoms with Crippen molar-refractivity contribution in [3.63, 3.8) is 0 Å². The molecule has 84 valence electrons. The van der Waals surface area contributed by atoms with E-state index in [1.807, 2.05) is 24.5 Å².